The minimum Gasteiger partial charge on any atom is -0.313 e. The van der Waals surface area contributed by atoms with Crippen molar-refractivity contribution in [1.29, 1.82) is 0 Å². The van der Waals surface area contributed by atoms with Crippen LogP contribution in [0.4, 0.5) is 13.2 Å². The van der Waals surface area contributed by atoms with Crippen LogP contribution in [-0.2, 0) is 12.7 Å². The Bertz CT molecular complexity index is 366. The van der Waals surface area contributed by atoms with E-state index in [0.717, 1.165) is 38.3 Å². The van der Waals surface area contributed by atoms with Gasteiger partial charge in [-0.25, -0.2) is 0 Å². The van der Waals surface area contributed by atoms with Crippen LogP contribution in [0.15, 0.2) is 24.3 Å². The molecule has 0 aliphatic carbocycles. The average molecular weight is 294 g/mol. The second kappa shape index (κ2) is 8.43. The van der Waals surface area contributed by atoms with E-state index >= 15 is 0 Å². The van der Waals surface area contributed by atoms with E-state index in [0.29, 0.717) is 18.0 Å². The van der Waals surface area contributed by atoms with Crippen LogP contribution in [0.2, 0.25) is 0 Å². The highest BCUT2D eigenvalue weighted by Crippen LogP contribution is 2.29. The first-order valence-corrected chi connectivity index (χ1v) is 7.00. The molecule has 0 saturated carbocycles. The summed E-state index contributed by atoms with van der Waals surface area (Å²) >= 11 is 5.57. The van der Waals surface area contributed by atoms with Crippen molar-refractivity contribution >= 4 is 11.6 Å². The predicted molar refractivity (Wildman–Crippen MR) is 72.3 cm³/mol. The van der Waals surface area contributed by atoms with Crippen molar-refractivity contribution in [3.63, 3.8) is 0 Å². The van der Waals surface area contributed by atoms with Crippen molar-refractivity contribution in [2.75, 3.05) is 12.4 Å². The van der Waals surface area contributed by atoms with E-state index in [4.69, 9.17) is 11.6 Å². The molecule has 1 nitrogen and oxygen atoms in total. The van der Waals surface area contributed by atoms with Crippen molar-refractivity contribution in [2.45, 2.75) is 38.4 Å². The van der Waals surface area contributed by atoms with Gasteiger partial charge in [0.1, 0.15) is 0 Å². The molecular formula is C14H19ClF3N. The number of unbranched alkanes of at least 4 members (excludes halogenated alkanes) is 3. The lowest BCUT2D eigenvalue weighted by molar-refractivity contribution is -0.137. The van der Waals surface area contributed by atoms with Gasteiger partial charge in [0, 0.05) is 12.4 Å². The summed E-state index contributed by atoms with van der Waals surface area (Å²) in [7, 11) is 0. The van der Waals surface area contributed by atoms with Gasteiger partial charge in [-0.1, -0.05) is 31.0 Å². The van der Waals surface area contributed by atoms with E-state index in [9.17, 15) is 13.2 Å². The highest BCUT2D eigenvalue weighted by molar-refractivity contribution is 6.17. The summed E-state index contributed by atoms with van der Waals surface area (Å²) in [6, 6.07) is 5.44. The molecule has 108 valence electrons. The predicted octanol–water partition coefficient (Wildman–Crippen LogP) is 4.59. The molecule has 0 saturated heterocycles. The number of hydrogen-bond donors (Lipinski definition) is 1. The molecule has 0 atom stereocenters. The first kappa shape index (κ1) is 16.3. The molecule has 0 fully saturated rings. The Balaban J connectivity index is 2.26. The standard InChI is InChI=1S/C14H19ClF3N/c15-8-3-1-2-4-9-19-11-12-6-5-7-13(10-12)14(16,17)18/h5-7,10,19H,1-4,8-9,11H2. The number of nitrogens with one attached hydrogen (secondary N) is 1. The van der Waals surface area contributed by atoms with Crippen LogP contribution >= 0.6 is 11.6 Å². The molecule has 0 radical (unpaired) electrons. The van der Waals surface area contributed by atoms with E-state index < -0.39 is 11.7 Å². The largest absolute Gasteiger partial charge is 0.416 e. The van der Waals surface area contributed by atoms with Crippen LogP contribution in [-0.4, -0.2) is 12.4 Å². The highest BCUT2D eigenvalue weighted by Gasteiger charge is 2.30. The summed E-state index contributed by atoms with van der Waals surface area (Å²) in [6.07, 6.45) is -0.0142. The molecule has 1 rings (SSSR count). The first-order chi connectivity index (χ1) is 9.04. The van der Waals surface area contributed by atoms with Gasteiger partial charge in [0.05, 0.1) is 5.56 Å². The molecule has 1 aromatic rings. The zero-order valence-corrected chi connectivity index (χ0v) is 11.5. The molecule has 0 aliphatic rings. The SMILES string of the molecule is FC(F)(F)c1cccc(CNCCCCCCCl)c1. The quantitative estimate of drug-likeness (QED) is 0.546. The van der Waals surface area contributed by atoms with E-state index in [2.05, 4.69) is 5.32 Å². The zero-order valence-electron chi connectivity index (χ0n) is 10.8. The first-order valence-electron chi connectivity index (χ1n) is 6.47. The Morgan fingerprint density at radius 2 is 1.79 bits per heavy atom. The molecule has 0 bridgehead atoms. The number of alkyl halides is 4. The second-order valence-corrected chi connectivity index (χ2v) is 4.86. The number of benzene rings is 1. The van der Waals surface area contributed by atoms with E-state index in [1.807, 2.05) is 0 Å². The molecule has 19 heavy (non-hydrogen) atoms. The molecular weight excluding hydrogens is 275 g/mol. The lowest BCUT2D eigenvalue weighted by atomic mass is 10.1. The van der Waals surface area contributed by atoms with Crippen molar-refractivity contribution in [3.05, 3.63) is 35.4 Å². The lowest BCUT2D eigenvalue weighted by Gasteiger charge is -2.09. The number of halogens is 4. The van der Waals surface area contributed by atoms with Gasteiger partial charge in [-0.15, -0.1) is 11.6 Å². The number of hydrogen-bond acceptors (Lipinski definition) is 1. The topological polar surface area (TPSA) is 12.0 Å². The van der Waals surface area contributed by atoms with E-state index in [1.165, 1.54) is 12.1 Å². The van der Waals surface area contributed by atoms with Gasteiger partial charge in [0.15, 0.2) is 0 Å². The Morgan fingerprint density at radius 1 is 1.05 bits per heavy atom. The van der Waals surface area contributed by atoms with E-state index in [1.54, 1.807) is 6.07 Å². The molecule has 0 aromatic heterocycles. The van der Waals surface area contributed by atoms with Crippen LogP contribution in [0.5, 0.6) is 0 Å². The Kier molecular flexibility index (Phi) is 7.24. The van der Waals surface area contributed by atoms with Gasteiger partial charge in [0.25, 0.3) is 0 Å². The van der Waals surface area contributed by atoms with Gasteiger partial charge in [-0.05, 0) is 31.0 Å². The Hall–Kier alpha value is -0.740. The normalized spacial score (nSPS) is 11.8. The minimum atomic E-state index is -4.27. The molecule has 0 spiro atoms. The molecule has 0 heterocycles. The van der Waals surface area contributed by atoms with Crippen molar-refractivity contribution in [2.24, 2.45) is 0 Å². The van der Waals surface area contributed by atoms with Crippen molar-refractivity contribution in [3.8, 4) is 0 Å². The zero-order chi connectivity index (χ0) is 14.1. The van der Waals surface area contributed by atoms with Crippen LogP contribution in [0.3, 0.4) is 0 Å². The van der Waals surface area contributed by atoms with Gasteiger partial charge in [-0.2, -0.15) is 13.2 Å². The summed E-state index contributed by atoms with van der Waals surface area (Å²) in [5, 5.41) is 3.16. The molecule has 0 unspecified atom stereocenters. The van der Waals surface area contributed by atoms with Gasteiger partial charge >= 0.3 is 6.18 Å². The second-order valence-electron chi connectivity index (χ2n) is 4.48. The molecule has 1 aromatic carbocycles. The molecule has 0 amide bonds. The fourth-order valence-electron chi connectivity index (χ4n) is 1.79. The summed E-state index contributed by atoms with van der Waals surface area (Å²) in [5.74, 6) is 0.692. The highest BCUT2D eigenvalue weighted by atomic mass is 35.5. The fraction of sp³-hybridized carbons (Fsp3) is 0.571. The molecule has 5 heteroatoms. The average Bonchev–Trinajstić information content (AvgIpc) is 2.37. The fourth-order valence-corrected chi connectivity index (χ4v) is 1.98. The minimum absolute atomic E-state index is 0.472. The monoisotopic (exact) mass is 293 g/mol. The van der Waals surface area contributed by atoms with Gasteiger partial charge < -0.3 is 5.32 Å². The number of rotatable bonds is 8. The van der Waals surface area contributed by atoms with Gasteiger partial charge in [0.2, 0.25) is 0 Å². The third kappa shape index (κ3) is 6.83. The summed E-state index contributed by atoms with van der Waals surface area (Å²) in [6.45, 7) is 1.29. The Labute approximate surface area is 117 Å². The summed E-state index contributed by atoms with van der Waals surface area (Å²) in [4.78, 5) is 0. The van der Waals surface area contributed by atoms with Crippen molar-refractivity contribution < 1.29 is 13.2 Å². The molecule has 0 aliphatic heterocycles. The van der Waals surface area contributed by atoms with E-state index in [-0.39, 0.29) is 0 Å². The summed E-state index contributed by atoms with van der Waals surface area (Å²) < 4.78 is 37.5. The maximum atomic E-state index is 12.5. The van der Waals surface area contributed by atoms with Crippen LogP contribution in [0.25, 0.3) is 0 Å². The van der Waals surface area contributed by atoms with Crippen LogP contribution < -0.4 is 5.32 Å². The third-order valence-electron chi connectivity index (χ3n) is 2.82. The Morgan fingerprint density at radius 3 is 2.47 bits per heavy atom. The third-order valence-corrected chi connectivity index (χ3v) is 3.09. The van der Waals surface area contributed by atoms with Crippen molar-refractivity contribution in [1.82, 2.24) is 5.32 Å². The smallest absolute Gasteiger partial charge is 0.313 e. The molecule has 1 N–H and O–H groups in total. The van der Waals surface area contributed by atoms with Crippen LogP contribution in [0.1, 0.15) is 36.8 Å². The van der Waals surface area contributed by atoms with Gasteiger partial charge in [-0.3, -0.25) is 0 Å². The van der Waals surface area contributed by atoms with Crippen LogP contribution in [0, 0.1) is 0 Å². The summed E-state index contributed by atoms with van der Waals surface area (Å²) in [5.41, 5.74) is 0.0736. The lowest BCUT2D eigenvalue weighted by Crippen LogP contribution is -2.15. The maximum absolute atomic E-state index is 12.5. The maximum Gasteiger partial charge on any atom is 0.416 e.